The van der Waals surface area contributed by atoms with Crippen molar-refractivity contribution in [3.63, 3.8) is 0 Å². The van der Waals surface area contributed by atoms with E-state index in [4.69, 9.17) is 0 Å². The van der Waals surface area contributed by atoms with Crippen molar-refractivity contribution in [2.75, 3.05) is 4.72 Å². The van der Waals surface area contributed by atoms with Crippen LogP contribution in [0.2, 0.25) is 0 Å². The van der Waals surface area contributed by atoms with Gasteiger partial charge in [0.2, 0.25) is 10.0 Å². The molecule has 0 aliphatic heterocycles. The van der Waals surface area contributed by atoms with Crippen molar-refractivity contribution in [1.29, 1.82) is 0 Å². The first-order valence-corrected chi connectivity index (χ1v) is 7.52. The first kappa shape index (κ1) is 14.5. The van der Waals surface area contributed by atoms with Crippen LogP contribution in [0.15, 0.2) is 42.5 Å². The van der Waals surface area contributed by atoms with Gasteiger partial charge in [-0.25, -0.2) is 17.2 Å². The summed E-state index contributed by atoms with van der Waals surface area (Å²) in [5, 5.41) is 0. The lowest BCUT2D eigenvalue weighted by molar-refractivity contribution is 0.599. The molecule has 0 saturated carbocycles. The molecular formula is C14H13F2NO2S. The van der Waals surface area contributed by atoms with Gasteiger partial charge in [-0.2, -0.15) is 0 Å². The van der Waals surface area contributed by atoms with Crippen LogP contribution >= 0.6 is 0 Å². The van der Waals surface area contributed by atoms with E-state index >= 15 is 0 Å². The first-order valence-electron chi connectivity index (χ1n) is 5.87. The van der Waals surface area contributed by atoms with E-state index in [2.05, 4.69) is 4.72 Å². The predicted molar refractivity (Wildman–Crippen MR) is 73.8 cm³/mol. The fraction of sp³-hybridized carbons (Fsp3) is 0.143. The molecule has 2 rings (SSSR count). The third-order valence-corrected chi connectivity index (χ3v) is 3.96. The zero-order valence-corrected chi connectivity index (χ0v) is 11.5. The van der Waals surface area contributed by atoms with E-state index in [-0.39, 0.29) is 5.75 Å². The maximum absolute atomic E-state index is 13.1. The van der Waals surface area contributed by atoms with Crippen LogP contribution in [-0.2, 0) is 15.8 Å². The molecule has 6 heteroatoms. The summed E-state index contributed by atoms with van der Waals surface area (Å²) in [5.41, 5.74) is 1.12. The van der Waals surface area contributed by atoms with E-state index in [1.807, 2.05) is 0 Å². The number of aryl methyl sites for hydroxylation is 1. The summed E-state index contributed by atoms with van der Waals surface area (Å²) in [5.74, 6) is -1.09. The van der Waals surface area contributed by atoms with Crippen LogP contribution in [-0.4, -0.2) is 8.42 Å². The highest BCUT2D eigenvalue weighted by Crippen LogP contribution is 2.16. The molecule has 0 fully saturated rings. The lowest BCUT2D eigenvalue weighted by Crippen LogP contribution is -2.15. The largest absolute Gasteiger partial charge is 0.283 e. The quantitative estimate of drug-likeness (QED) is 0.942. The molecule has 1 N–H and O–H groups in total. The molecule has 0 bridgehead atoms. The zero-order valence-electron chi connectivity index (χ0n) is 10.7. The number of nitrogens with one attached hydrogen (secondary N) is 1. The summed E-state index contributed by atoms with van der Waals surface area (Å²) in [6.07, 6.45) is 0. The maximum atomic E-state index is 13.1. The number of anilines is 1. The van der Waals surface area contributed by atoms with Gasteiger partial charge >= 0.3 is 0 Å². The summed E-state index contributed by atoms with van der Waals surface area (Å²) in [7, 11) is -3.63. The van der Waals surface area contributed by atoms with Crippen LogP contribution in [0.5, 0.6) is 0 Å². The van der Waals surface area contributed by atoms with Crippen LogP contribution in [0.4, 0.5) is 14.5 Å². The van der Waals surface area contributed by atoms with Gasteiger partial charge in [0.05, 0.1) is 5.75 Å². The number of sulfonamides is 1. The predicted octanol–water partition coefficient (Wildman–Crippen LogP) is 3.22. The SMILES string of the molecule is Cc1cc(NS(=O)(=O)Cc2ccc(F)cc2)ccc1F. The Balaban J connectivity index is 2.14. The molecule has 0 spiro atoms. The van der Waals surface area contributed by atoms with Gasteiger partial charge in [0.25, 0.3) is 0 Å². The molecule has 0 aliphatic rings. The standard InChI is InChI=1S/C14H13F2NO2S/c1-10-8-13(6-7-14(10)16)17-20(18,19)9-11-2-4-12(15)5-3-11/h2-8,17H,9H2,1H3. The Labute approximate surface area is 116 Å². The average molecular weight is 297 g/mol. The Hall–Kier alpha value is -1.95. The topological polar surface area (TPSA) is 46.2 Å². The Kier molecular flexibility index (Phi) is 4.04. The molecule has 20 heavy (non-hydrogen) atoms. The van der Waals surface area contributed by atoms with Gasteiger partial charge in [-0.1, -0.05) is 12.1 Å². The number of hydrogen-bond acceptors (Lipinski definition) is 2. The van der Waals surface area contributed by atoms with E-state index in [9.17, 15) is 17.2 Å². The summed E-state index contributed by atoms with van der Waals surface area (Å²) >= 11 is 0. The van der Waals surface area contributed by atoms with Crippen molar-refractivity contribution in [1.82, 2.24) is 0 Å². The van der Waals surface area contributed by atoms with Crippen LogP contribution in [0.25, 0.3) is 0 Å². The molecule has 0 aromatic heterocycles. The molecule has 3 nitrogen and oxygen atoms in total. The number of benzene rings is 2. The highest BCUT2D eigenvalue weighted by Gasteiger charge is 2.12. The molecule has 106 valence electrons. The number of hydrogen-bond donors (Lipinski definition) is 1. The van der Waals surface area contributed by atoms with Gasteiger partial charge in [-0.05, 0) is 48.4 Å². The molecule has 0 unspecified atom stereocenters. The third-order valence-electron chi connectivity index (χ3n) is 2.70. The van der Waals surface area contributed by atoms with Gasteiger partial charge in [0.1, 0.15) is 11.6 Å². The number of halogens is 2. The fourth-order valence-electron chi connectivity index (χ4n) is 1.72. The summed E-state index contributed by atoms with van der Waals surface area (Å²) < 4.78 is 52.1. The minimum Gasteiger partial charge on any atom is -0.283 e. The summed E-state index contributed by atoms with van der Waals surface area (Å²) in [6.45, 7) is 1.55. The highest BCUT2D eigenvalue weighted by atomic mass is 32.2. The van der Waals surface area contributed by atoms with Crippen molar-refractivity contribution >= 4 is 15.7 Å². The van der Waals surface area contributed by atoms with Crippen molar-refractivity contribution in [3.8, 4) is 0 Å². The van der Waals surface area contributed by atoms with Crippen molar-refractivity contribution in [2.45, 2.75) is 12.7 Å². The highest BCUT2D eigenvalue weighted by molar-refractivity contribution is 7.91. The molecule has 2 aromatic rings. The average Bonchev–Trinajstić information content (AvgIpc) is 2.36. The monoisotopic (exact) mass is 297 g/mol. The van der Waals surface area contributed by atoms with Crippen LogP contribution in [0, 0.1) is 18.6 Å². The van der Waals surface area contributed by atoms with Crippen LogP contribution < -0.4 is 4.72 Å². The summed E-state index contributed by atoms with van der Waals surface area (Å²) in [6, 6.07) is 9.18. The van der Waals surface area contributed by atoms with Crippen molar-refractivity contribution < 1.29 is 17.2 Å². The lowest BCUT2D eigenvalue weighted by atomic mass is 10.2. The van der Waals surface area contributed by atoms with Crippen LogP contribution in [0.1, 0.15) is 11.1 Å². The minimum absolute atomic E-state index is 0.274. The zero-order chi connectivity index (χ0) is 14.8. The Bertz CT molecular complexity index is 712. The molecule has 0 radical (unpaired) electrons. The molecule has 0 aliphatic carbocycles. The van der Waals surface area contributed by atoms with E-state index in [1.54, 1.807) is 6.92 Å². The second kappa shape index (κ2) is 5.58. The third kappa shape index (κ3) is 3.77. The van der Waals surface area contributed by atoms with Crippen molar-refractivity contribution in [3.05, 3.63) is 65.2 Å². The van der Waals surface area contributed by atoms with E-state index < -0.39 is 21.7 Å². The van der Waals surface area contributed by atoms with E-state index in [0.29, 0.717) is 16.8 Å². The molecular weight excluding hydrogens is 284 g/mol. The molecule has 2 aromatic carbocycles. The van der Waals surface area contributed by atoms with Gasteiger partial charge in [-0.15, -0.1) is 0 Å². The smallest absolute Gasteiger partial charge is 0.236 e. The minimum atomic E-state index is -3.63. The Morgan fingerprint density at radius 1 is 1.05 bits per heavy atom. The molecule has 0 atom stereocenters. The fourth-order valence-corrected chi connectivity index (χ4v) is 2.91. The summed E-state index contributed by atoms with van der Waals surface area (Å²) in [4.78, 5) is 0. The molecule has 0 saturated heterocycles. The van der Waals surface area contributed by atoms with Gasteiger partial charge < -0.3 is 0 Å². The van der Waals surface area contributed by atoms with Gasteiger partial charge in [-0.3, -0.25) is 4.72 Å². The second-order valence-corrected chi connectivity index (χ2v) is 6.17. The van der Waals surface area contributed by atoms with E-state index in [1.165, 1.54) is 42.5 Å². The Morgan fingerprint density at radius 2 is 1.70 bits per heavy atom. The lowest BCUT2D eigenvalue weighted by Gasteiger charge is -2.09. The van der Waals surface area contributed by atoms with Gasteiger partial charge in [0.15, 0.2) is 0 Å². The number of rotatable bonds is 4. The van der Waals surface area contributed by atoms with Crippen molar-refractivity contribution in [2.24, 2.45) is 0 Å². The van der Waals surface area contributed by atoms with E-state index in [0.717, 1.165) is 0 Å². The maximum Gasteiger partial charge on any atom is 0.236 e. The van der Waals surface area contributed by atoms with Gasteiger partial charge in [0, 0.05) is 5.69 Å². The normalized spacial score (nSPS) is 11.3. The second-order valence-electron chi connectivity index (χ2n) is 4.45. The Morgan fingerprint density at radius 3 is 2.30 bits per heavy atom. The molecule has 0 heterocycles. The first-order chi connectivity index (χ1) is 9.35. The van der Waals surface area contributed by atoms with Crippen LogP contribution in [0.3, 0.4) is 0 Å². The molecule has 0 amide bonds.